The van der Waals surface area contributed by atoms with Gasteiger partial charge in [-0.2, -0.15) is 4.39 Å². The minimum absolute atomic E-state index is 0.121. The SMILES string of the molecule is OCC(O)C(O)c1cccnc1F. The third-order valence-corrected chi connectivity index (χ3v) is 1.66. The number of hydrogen-bond donors (Lipinski definition) is 3. The molecule has 2 atom stereocenters. The van der Waals surface area contributed by atoms with Crippen LogP contribution in [0.25, 0.3) is 0 Å². The molecule has 2 unspecified atom stereocenters. The number of aliphatic hydroxyl groups excluding tert-OH is 3. The maximum atomic E-state index is 12.9. The number of halogens is 1. The van der Waals surface area contributed by atoms with Crippen molar-refractivity contribution in [3.63, 3.8) is 0 Å². The first-order chi connectivity index (χ1) is 6.16. The van der Waals surface area contributed by atoms with Crippen LogP contribution < -0.4 is 0 Å². The van der Waals surface area contributed by atoms with E-state index in [4.69, 9.17) is 10.2 Å². The van der Waals surface area contributed by atoms with Crippen molar-refractivity contribution in [2.24, 2.45) is 0 Å². The summed E-state index contributed by atoms with van der Waals surface area (Å²) < 4.78 is 12.9. The second-order valence-corrected chi connectivity index (χ2v) is 2.58. The van der Waals surface area contributed by atoms with Crippen LogP contribution in [0, 0.1) is 5.95 Å². The molecule has 1 heterocycles. The average molecular weight is 187 g/mol. The highest BCUT2D eigenvalue weighted by molar-refractivity contribution is 5.15. The van der Waals surface area contributed by atoms with Gasteiger partial charge >= 0.3 is 0 Å². The molecule has 3 N–H and O–H groups in total. The van der Waals surface area contributed by atoms with Gasteiger partial charge in [-0.05, 0) is 6.07 Å². The first-order valence-corrected chi connectivity index (χ1v) is 3.74. The summed E-state index contributed by atoms with van der Waals surface area (Å²) in [7, 11) is 0. The van der Waals surface area contributed by atoms with E-state index in [2.05, 4.69) is 4.98 Å². The van der Waals surface area contributed by atoms with Crippen LogP contribution in [0.3, 0.4) is 0 Å². The lowest BCUT2D eigenvalue weighted by atomic mass is 10.1. The van der Waals surface area contributed by atoms with E-state index in [1.807, 2.05) is 0 Å². The van der Waals surface area contributed by atoms with Crippen LogP contribution in [-0.4, -0.2) is 33.0 Å². The van der Waals surface area contributed by atoms with Gasteiger partial charge in [-0.3, -0.25) is 0 Å². The van der Waals surface area contributed by atoms with Gasteiger partial charge in [-0.25, -0.2) is 4.98 Å². The zero-order chi connectivity index (χ0) is 9.84. The Balaban J connectivity index is 2.88. The van der Waals surface area contributed by atoms with Crippen LogP contribution in [0.15, 0.2) is 18.3 Å². The van der Waals surface area contributed by atoms with Gasteiger partial charge in [0.1, 0.15) is 12.2 Å². The fourth-order valence-electron chi connectivity index (χ4n) is 0.926. The summed E-state index contributed by atoms with van der Waals surface area (Å²) in [5, 5.41) is 26.8. The molecule has 13 heavy (non-hydrogen) atoms. The predicted octanol–water partition coefficient (Wildman–Crippen LogP) is -0.393. The molecule has 0 aliphatic rings. The Bertz CT molecular complexity index is 282. The van der Waals surface area contributed by atoms with Gasteiger partial charge in [0.25, 0.3) is 0 Å². The Labute approximate surface area is 74.3 Å². The summed E-state index contributed by atoms with van der Waals surface area (Å²) in [5.41, 5.74) is -0.121. The van der Waals surface area contributed by atoms with E-state index in [0.717, 1.165) is 0 Å². The minimum Gasteiger partial charge on any atom is -0.394 e. The van der Waals surface area contributed by atoms with E-state index in [-0.39, 0.29) is 5.56 Å². The lowest BCUT2D eigenvalue weighted by Gasteiger charge is -2.15. The fraction of sp³-hybridized carbons (Fsp3) is 0.375. The summed E-state index contributed by atoms with van der Waals surface area (Å²) >= 11 is 0. The molecule has 0 amide bonds. The smallest absolute Gasteiger partial charge is 0.218 e. The summed E-state index contributed by atoms with van der Waals surface area (Å²) in [6.45, 7) is -0.629. The number of pyridine rings is 1. The van der Waals surface area contributed by atoms with E-state index in [1.165, 1.54) is 18.3 Å². The lowest BCUT2D eigenvalue weighted by Crippen LogP contribution is -2.23. The van der Waals surface area contributed by atoms with E-state index in [9.17, 15) is 9.50 Å². The molecule has 5 heteroatoms. The van der Waals surface area contributed by atoms with Crippen LogP contribution in [0.2, 0.25) is 0 Å². The van der Waals surface area contributed by atoms with E-state index in [0.29, 0.717) is 0 Å². The molecule has 1 rings (SSSR count). The van der Waals surface area contributed by atoms with Crippen molar-refractivity contribution in [2.45, 2.75) is 12.2 Å². The van der Waals surface area contributed by atoms with Crippen molar-refractivity contribution >= 4 is 0 Å². The van der Waals surface area contributed by atoms with Crippen molar-refractivity contribution in [2.75, 3.05) is 6.61 Å². The number of rotatable bonds is 3. The topological polar surface area (TPSA) is 73.6 Å². The zero-order valence-electron chi connectivity index (χ0n) is 6.76. The standard InChI is InChI=1S/C8H10FNO3/c9-8-5(2-1-3-10-8)7(13)6(12)4-11/h1-3,6-7,11-13H,4H2. The van der Waals surface area contributed by atoms with Crippen LogP contribution in [0.4, 0.5) is 4.39 Å². The molecule has 0 aliphatic heterocycles. The fourth-order valence-corrected chi connectivity index (χ4v) is 0.926. The van der Waals surface area contributed by atoms with Crippen LogP contribution in [0.5, 0.6) is 0 Å². The molecule has 0 saturated carbocycles. The van der Waals surface area contributed by atoms with Gasteiger partial charge in [0.2, 0.25) is 5.95 Å². The molecule has 0 aliphatic carbocycles. The summed E-state index contributed by atoms with van der Waals surface area (Å²) in [6, 6.07) is 2.73. The number of aliphatic hydroxyl groups is 3. The Morgan fingerprint density at radius 2 is 2.15 bits per heavy atom. The molecule has 0 aromatic carbocycles. The first kappa shape index (κ1) is 10.0. The lowest BCUT2D eigenvalue weighted by molar-refractivity contribution is -0.0171. The molecular formula is C8H10FNO3. The predicted molar refractivity (Wildman–Crippen MR) is 42.2 cm³/mol. The third kappa shape index (κ3) is 2.21. The number of nitrogens with zero attached hydrogens (tertiary/aromatic N) is 1. The maximum Gasteiger partial charge on any atom is 0.218 e. The van der Waals surface area contributed by atoms with E-state index in [1.54, 1.807) is 0 Å². The largest absolute Gasteiger partial charge is 0.394 e. The van der Waals surface area contributed by atoms with Crippen molar-refractivity contribution < 1.29 is 19.7 Å². The summed E-state index contributed by atoms with van der Waals surface area (Å²) in [6.07, 6.45) is -1.60. The number of hydrogen-bond acceptors (Lipinski definition) is 4. The van der Waals surface area contributed by atoms with Crippen molar-refractivity contribution in [1.82, 2.24) is 4.98 Å². The van der Waals surface area contributed by atoms with Crippen molar-refractivity contribution in [1.29, 1.82) is 0 Å². The second-order valence-electron chi connectivity index (χ2n) is 2.58. The maximum absolute atomic E-state index is 12.9. The van der Waals surface area contributed by atoms with Crippen LogP contribution in [0.1, 0.15) is 11.7 Å². The Morgan fingerprint density at radius 3 is 2.69 bits per heavy atom. The normalized spacial score (nSPS) is 15.4. The zero-order valence-corrected chi connectivity index (χ0v) is 6.76. The third-order valence-electron chi connectivity index (χ3n) is 1.66. The van der Waals surface area contributed by atoms with E-state index < -0.39 is 24.8 Å². The number of aromatic nitrogens is 1. The molecule has 0 bridgehead atoms. The second kappa shape index (κ2) is 4.27. The highest BCUT2D eigenvalue weighted by Gasteiger charge is 2.20. The van der Waals surface area contributed by atoms with Gasteiger partial charge in [-0.1, -0.05) is 6.07 Å². The van der Waals surface area contributed by atoms with Gasteiger partial charge in [0.15, 0.2) is 0 Å². The first-order valence-electron chi connectivity index (χ1n) is 3.74. The molecule has 4 nitrogen and oxygen atoms in total. The molecule has 0 fully saturated rings. The molecule has 0 spiro atoms. The summed E-state index contributed by atoms with van der Waals surface area (Å²) in [5.74, 6) is -0.845. The van der Waals surface area contributed by atoms with Gasteiger partial charge < -0.3 is 15.3 Å². The Kier molecular flexibility index (Phi) is 3.30. The summed E-state index contributed by atoms with van der Waals surface area (Å²) in [4.78, 5) is 3.30. The molecule has 72 valence electrons. The van der Waals surface area contributed by atoms with E-state index >= 15 is 0 Å². The van der Waals surface area contributed by atoms with Crippen molar-refractivity contribution in [3.05, 3.63) is 29.8 Å². The minimum atomic E-state index is -1.45. The van der Waals surface area contributed by atoms with Crippen LogP contribution >= 0.6 is 0 Å². The van der Waals surface area contributed by atoms with Gasteiger partial charge in [0.05, 0.1) is 6.61 Å². The molecule has 0 saturated heterocycles. The Morgan fingerprint density at radius 1 is 1.46 bits per heavy atom. The average Bonchev–Trinajstić information content (AvgIpc) is 2.16. The molecular weight excluding hydrogens is 177 g/mol. The Hall–Kier alpha value is -1.04. The van der Waals surface area contributed by atoms with Crippen LogP contribution in [-0.2, 0) is 0 Å². The highest BCUT2D eigenvalue weighted by Crippen LogP contribution is 2.17. The monoisotopic (exact) mass is 187 g/mol. The molecule has 1 aromatic rings. The van der Waals surface area contributed by atoms with Crippen molar-refractivity contribution in [3.8, 4) is 0 Å². The quantitative estimate of drug-likeness (QED) is 0.563. The molecule has 0 radical (unpaired) electrons. The molecule has 1 aromatic heterocycles. The van der Waals surface area contributed by atoms with Gasteiger partial charge in [0, 0.05) is 11.8 Å². The highest BCUT2D eigenvalue weighted by atomic mass is 19.1. The van der Waals surface area contributed by atoms with Gasteiger partial charge in [-0.15, -0.1) is 0 Å².